The summed E-state index contributed by atoms with van der Waals surface area (Å²) in [7, 11) is 0. The second-order valence-corrected chi connectivity index (χ2v) is 7.68. The van der Waals surface area contributed by atoms with Gasteiger partial charge < -0.3 is 15.2 Å². The Hall–Kier alpha value is -2.35. The molecule has 2 amide bonds. The van der Waals surface area contributed by atoms with E-state index in [2.05, 4.69) is 15.6 Å². The molecule has 7 nitrogen and oxygen atoms in total. The quantitative estimate of drug-likeness (QED) is 0.679. The molecule has 4 atom stereocenters. The molecule has 2 bridgehead atoms. The average molecular weight is 422 g/mol. The van der Waals surface area contributed by atoms with Crippen LogP contribution in [0, 0.1) is 5.92 Å². The second-order valence-electron chi connectivity index (χ2n) is 6.86. The number of hydrogen-bond donors (Lipinski definition) is 3. The number of fused-ring (bicyclic) bond motifs is 2. The molecule has 2 aromatic rings. The van der Waals surface area contributed by atoms with Gasteiger partial charge in [-0.25, -0.2) is 9.78 Å². The van der Waals surface area contributed by atoms with Crippen molar-refractivity contribution in [1.29, 1.82) is 0 Å². The van der Waals surface area contributed by atoms with Gasteiger partial charge in [0, 0.05) is 17.8 Å². The molecule has 0 spiro atoms. The second kappa shape index (κ2) is 7.58. The summed E-state index contributed by atoms with van der Waals surface area (Å²) >= 11 is 12.0. The lowest BCUT2D eigenvalue weighted by molar-refractivity contribution is -0.121. The van der Waals surface area contributed by atoms with Crippen molar-refractivity contribution in [2.45, 2.75) is 31.0 Å². The van der Waals surface area contributed by atoms with E-state index in [1.165, 1.54) is 6.20 Å². The van der Waals surface area contributed by atoms with E-state index >= 15 is 0 Å². The van der Waals surface area contributed by atoms with Crippen LogP contribution in [0.5, 0.6) is 0 Å². The maximum atomic E-state index is 13.1. The van der Waals surface area contributed by atoms with Crippen LogP contribution in [-0.4, -0.2) is 34.3 Å². The number of rotatable bonds is 4. The minimum absolute atomic E-state index is 0.0883. The largest absolute Gasteiger partial charge is 0.465 e. The van der Waals surface area contributed by atoms with Gasteiger partial charge in [-0.3, -0.25) is 10.1 Å². The van der Waals surface area contributed by atoms with Gasteiger partial charge in [0.05, 0.1) is 28.2 Å². The number of amides is 2. The Kier molecular flexibility index (Phi) is 5.14. The smallest absolute Gasteiger partial charge is 0.410 e. The molecule has 1 aromatic carbocycles. The first kappa shape index (κ1) is 19.0. The Morgan fingerprint density at radius 3 is 2.61 bits per heavy atom. The monoisotopic (exact) mass is 421 g/mol. The number of aromatic nitrogens is 1. The molecule has 28 heavy (non-hydrogen) atoms. The zero-order valence-electron chi connectivity index (χ0n) is 14.6. The van der Waals surface area contributed by atoms with Crippen molar-refractivity contribution in [3.8, 4) is 0 Å². The average Bonchev–Trinajstić information content (AvgIpc) is 3.26. The van der Waals surface area contributed by atoms with Crippen LogP contribution in [0.3, 0.4) is 0 Å². The first-order chi connectivity index (χ1) is 13.4. The molecule has 0 unspecified atom stereocenters. The third-order valence-corrected chi connectivity index (χ3v) is 5.91. The molecule has 3 N–H and O–H groups in total. The van der Waals surface area contributed by atoms with Crippen molar-refractivity contribution < 1.29 is 19.4 Å². The fraction of sp³-hybridized carbons (Fsp3) is 0.316. The normalized spacial score (nSPS) is 25.5. The highest BCUT2D eigenvalue weighted by atomic mass is 35.5. The predicted octanol–water partition coefficient (Wildman–Crippen LogP) is 4.38. The maximum Gasteiger partial charge on any atom is 0.410 e. The van der Waals surface area contributed by atoms with Crippen LogP contribution in [0.2, 0.25) is 10.0 Å². The lowest BCUT2D eigenvalue weighted by Gasteiger charge is -2.27. The number of nitrogens with one attached hydrogen (secondary N) is 2. The van der Waals surface area contributed by atoms with Gasteiger partial charge in [0.1, 0.15) is 5.82 Å². The number of benzene rings is 1. The molecule has 0 aliphatic carbocycles. The van der Waals surface area contributed by atoms with Crippen molar-refractivity contribution in [2.24, 2.45) is 5.92 Å². The molecular weight excluding hydrogens is 405 g/mol. The number of halogens is 2. The van der Waals surface area contributed by atoms with Crippen molar-refractivity contribution in [1.82, 2.24) is 4.98 Å². The molecule has 1 aromatic heterocycles. The molecule has 2 saturated heterocycles. The number of carbonyl (C=O) groups is 2. The van der Waals surface area contributed by atoms with Gasteiger partial charge in [0.2, 0.25) is 5.91 Å². The van der Waals surface area contributed by atoms with E-state index in [0.717, 1.165) is 18.4 Å². The van der Waals surface area contributed by atoms with Gasteiger partial charge in [-0.1, -0.05) is 23.2 Å². The van der Waals surface area contributed by atoms with Gasteiger partial charge >= 0.3 is 6.09 Å². The highest BCUT2D eigenvalue weighted by molar-refractivity contribution is 6.42. The highest BCUT2D eigenvalue weighted by Crippen LogP contribution is 2.49. The summed E-state index contributed by atoms with van der Waals surface area (Å²) in [6.45, 7) is 0. The summed E-state index contributed by atoms with van der Waals surface area (Å²) in [6.07, 6.45) is 1.74. The number of carboxylic acid groups (broad SMARTS) is 1. The van der Waals surface area contributed by atoms with E-state index < -0.39 is 12.0 Å². The van der Waals surface area contributed by atoms with E-state index in [4.69, 9.17) is 33.0 Å². The fourth-order valence-corrected chi connectivity index (χ4v) is 4.36. The van der Waals surface area contributed by atoms with Crippen LogP contribution in [0.15, 0.2) is 36.5 Å². The summed E-state index contributed by atoms with van der Waals surface area (Å²) in [6, 6.07) is 8.37. The molecule has 146 valence electrons. The number of ether oxygens (including phenoxy) is 1. The fourth-order valence-electron chi connectivity index (χ4n) is 4.07. The van der Waals surface area contributed by atoms with Crippen molar-refractivity contribution in [3.05, 3.63) is 52.1 Å². The molecular formula is C19H17Cl2N3O4. The van der Waals surface area contributed by atoms with Crippen molar-refractivity contribution >= 4 is 46.7 Å². The zero-order chi connectivity index (χ0) is 19.8. The number of carbonyl (C=O) groups excluding carboxylic acids is 1. The molecule has 3 heterocycles. The van der Waals surface area contributed by atoms with Crippen LogP contribution in [0.1, 0.15) is 24.3 Å². The minimum Gasteiger partial charge on any atom is -0.465 e. The lowest BCUT2D eigenvalue weighted by atomic mass is 9.75. The minimum atomic E-state index is -1.19. The first-order valence-electron chi connectivity index (χ1n) is 8.79. The molecule has 2 aliphatic heterocycles. The zero-order valence-corrected chi connectivity index (χ0v) is 16.1. The third kappa shape index (κ3) is 3.65. The van der Waals surface area contributed by atoms with Gasteiger partial charge in [0.15, 0.2) is 0 Å². The van der Waals surface area contributed by atoms with Crippen LogP contribution in [-0.2, 0) is 9.53 Å². The van der Waals surface area contributed by atoms with E-state index in [1.54, 1.807) is 30.3 Å². The Bertz CT molecular complexity index is 939. The van der Waals surface area contributed by atoms with E-state index in [-0.39, 0.29) is 29.9 Å². The maximum absolute atomic E-state index is 13.1. The Labute approximate surface area is 171 Å². The molecule has 0 saturated carbocycles. The Morgan fingerprint density at radius 1 is 1.07 bits per heavy atom. The topological polar surface area (TPSA) is 101 Å². The van der Waals surface area contributed by atoms with Crippen LogP contribution in [0.25, 0.3) is 0 Å². The SMILES string of the molecule is O=C(O)Nc1cc([C@@H]2[C@@H](C(=O)Nc3ccc(Cl)c(Cl)c3)[C@H]3CC[C@@H]2O3)ccn1. The van der Waals surface area contributed by atoms with E-state index in [0.29, 0.717) is 15.7 Å². The third-order valence-electron chi connectivity index (χ3n) is 5.17. The molecule has 2 fully saturated rings. The standard InChI is InChI=1S/C19H17Cl2N3O4/c20-11-2-1-10(8-12(11)21)23-18(25)17-14-4-3-13(28-14)16(17)9-5-6-22-15(7-9)24-19(26)27/h1-2,5-8,13-14,16-17H,3-4H2,(H,22,24)(H,23,25)(H,26,27)/t13-,14+,16-,17-/m0/s1. The van der Waals surface area contributed by atoms with E-state index in [1.807, 2.05) is 0 Å². The van der Waals surface area contributed by atoms with Crippen LogP contribution < -0.4 is 10.6 Å². The van der Waals surface area contributed by atoms with Gasteiger partial charge in [0.25, 0.3) is 0 Å². The number of pyridine rings is 1. The lowest BCUT2D eigenvalue weighted by Crippen LogP contribution is -2.36. The van der Waals surface area contributed by atoms with Crippen LogP contribution in [0.4, 0.5) is 16.3 Å². The summed E-state index contributed by atoms with van der Waals surface area (Å²) in [4.78, 5) is 28.0. The molecule has 2 aliphatic rings. The van der Waals surface area contributed by atoms with E-state index in [9.17, 15) is 9.59 Å². The molecule has 0 radical (unpaired) electrons. The summed E-state index contributed by atoms with van der Waals surface area (Å²) < 4.78 is 6.01. The Morgan fingerprint density at radius 2 is 1.86 bits per heavy atom. The molecule has 9 heteroatoms. The van der Waals surface area contributed by atoms with Crippen molar-refractivity contribution in [2.75, 3.05) is 10.6 Å². The summed E-state index contributed by atoms with van der Waals surface area (Å²) in [5.74, 6) is -0.524. The summed E-state index contributed by atoms with van der Waals surface area (Å²) in [5.41, 5.74) is 1.38. The number of hydrogen-bond acceptors (Lipinski definition) is 4. The molecule has 4 rings (SSSR count). The highest BCUT2D eigenvalue weighted by Gasteiger charge is 2.52. The van der Waals surface area contributed by atoms with Gasteiger partial charge in [-0.05, 0) is 48.7 Å². The summed E-state index contributed by atoms with van der Waals surface area (Å²) in [5, 5.41) is 14.8. The number of anilines is 2. The van der Waals surface area contributed by atoms with Crippen molar-refractivity contribution in [3.63, 3.8) is 0 Å². The van der Waals surface area contributed by atoms with Crippen LogP contribution >= 0.6 is 23.2 Å². The first-order valence-corrected chi connectivity index (χ1v) is 9.55. The predicted molar refractivity (Wildman–Crippen MR) is 105 cm³/mol. The van der Waals surface area contributed by atoms with Gasteiger partial charge in [-0.15, -0.1) is 0 Å². The van der Waals surface area contributed by atoms with Gasteiger partial charge in [-0.2, -0.15) is 0 Å². The number of nitrogens with zero attached hydrogens (tertiary/aromatic N) is 1. The Balaban J connectivity index is 1.59.